The van der Waals surface area contributed by atoms with Crippen molar-refractivity contribution in [3.63, 3.8) is 0 Å². The van der Waals surface area contributed by atoms with Crippen LogP contribution in [0.2, 0.25) is 0 Å². The van der Waals surface area contributed by atoms with E-state index in [1.165, 1.54) is 0 Å². The lowest BCUT2D eigenvalue weighted by molar-refractivity contribution is 0.326. The molecule has 0 saturated carbocycles. The third kappa shape index (κ3) is 4.34. The fraction of sp³-hybridized carbons (Fsp3) is 0.444. The number of aryl methyl sites for hydroxylation is 1. The van der Waals surface area contributed by atoms with Gasteiger partial charge in [0.1, 0.15) is 0 Å². The van der Waals surface area contributed by atoms with Crippen molar-refractivity contribution in [3.8, 4) is 0 Å². The number of rotatable bonds is 4. The summed E-state index contributed by atoms with van der Waals surface area (Å²) in [5, 5.41) is 0. The molecule has 0 fully saturated rings. The second-order valence-corrected chi connectivity index (χ2v) is 4.73. The van der Waals surface area contributed by atoms with Crippen LogP contribution < -0.4 is 0 Å². The maximum Gasteiger partial charge on any atom is 0.264 e. The van der Waals surface area contributed by atoms with E-state index in [-0.39, 0.29) is 6.61 Å². The van der Waals surface area contributed by atoms with Crippen molar-refractivity contribution < 1.29 is 12.6 Å². The largest absolute Gasteiger partial charge is 0.270 e. The second kappa shape index (κ2) is 4.52. The van der Waals surface area contributed by atoms with Gasteiger partial charge in [0.15, 0.2) is 0 Å². The second-order valence-electron chi connectivity index (χ2n) is 3.08. The quantitative estimate of drug-likeness (QED) is 0.700. The molecule has 14 heavy (non-hydrogen) atoms. The van der Waals surface area contributed by atoms with Crippen LogP contribution in [0.3, 0.4) is 0 Å². The molecule has 0 bridgehead atoms. The Kier molecular flexibility index (Phi) is 3.60. The van der Waals surface area contributed by atoms with Crippen molar-refractivity contribution in [1.82, 2.24) is 4.98 Å². The number of hydrogen-bond acceptors (Lipinski definition) is 4. The lowest BCUT2D eigenvalue weighted by Gasteiger charge is -2.01. The first kappa shape index (κ1) is 11.1. The Balaban J connectivity index is 2.43. The van der Waals surface area contributed by atoms with Crippen molar-refractivity contribution in [1.29, 1.82) is 0 Å². The van der Waals surface area contributed by atoms with Gasteiger partial charge in [-0.2, -0.15) is 8.42 Å². The highest BCUT2D eigenvalue weighted by Crippen LogP contribution is 2.01. The Morgan fingerprint density at radius 1 is 1.43 bits per heavy atom. The van der Waals surface area contributed by atoms with Gasteiger partial charge in [-0.1, -0.05) is 6.07 Å². The number of pyridine rings is 1. The summed E-state index contributed by atoms with van der Waals surface area (Å²) >= 11 is 0. The summed E-state index contributed by atoms with van der Waals surface area (Å²) in [6, 6.07) is 3.80. The van der Waals surface area contributed by atoms with Crippen LogP contribution in [0.25, 0.3) is 0 Å². The zero-order valence-corrected chi connectivity index (χ0v) is 9.04. The predicted octanol–water partition coefficient (Wildman–Crippen LogP) is 0.909. The van der Waals surface area contributed by atoms with E-state index in [0.717, 1.165) is 17.5 Å². The molecule has 0 amide bonds. The molecule has 78 valence electrons. The molecule has 0 saturated heterocycles. The van der Waals surface area contributed by atoms with Crippen molar-refractivity contribution in [2.45, 2.75) is 13.3 Å². The summed E-state index contributed by atoms with van der Waals surface area (Å²) in [6.07, 6.45) is 3.32. The smallest absolute Gasteiger partial charge is 0.264 e. The van der Waals surface area contributed by atoms with Gasteiger partial charge >= 0.3 is 0 Å². The predicted molar refractivity (Wildman–Crippen MR) is 53.5 cm³/mol. The third-order valence-corrected chi connectivity index (χ3v) is 2.26. The van der Waals surface area contributed by atoms with Crippen LogP contribution in [0, 0.1) is 6.92 Å². The van der Waals surface area contributed by atoms with Crippen LogP contribution >= 0.6 is 0 Å². The maximum absolute atomic E-state index is 10.6. The summed E-state index contributed by atoms with van der Waals surface area (Å²) in [6.45, 7) is 2.07. The normalized spacial score (nSPS) is 11.6. The third-order valence-electron chi connectivity index (χ3n) is 1.66. The van der Waals surface area contributed by atoms with Gasteiger partial charge < -0.3 is 0 Å². The maximum atomic E-state index is 10.6. The molecule has 5 heteroatoms. The van der Waals surface area contributed by atoms with E-state index < -0.39 is 10.1 Å². The topological polar surface area (TPSA) is 56.3 Å². The van der Waals surface area contributed by atoms with Crippen molar-refractivity contribution >= 4 is 10.1 Å². The first-order valence-corrected chi connectivity index (χ1v) is 6.05. The van der Waals surface area contributed by atoms with Crippen LogP contribution in [0.4, 0.5) is 0 Å². The molecule has 0 unspecified atom stereocenters. The van der Waals surface area contributed by atoms with Crippen LogP contribution in [0.1, 0.15) is 11.3 Å². The van der Waals surface area contributed by atoms with E-state index in [1.54, 1.807) is 6.20 Å². The van der Waals surface area contributed by atoms with Gasteiger partial charge in [0.2, 0.25) is 0 Å². The summed E-state index contributed by atoms with van der Waals surface area (Å²) in [4.78, 5) is 4.09. The SMILES string of the molecule is Cc1ccc(CCOS(C)(=O)=O)cn1. The van der Waals surface area contributed by atoms with Gasteiger partial charge in [-0.25, -0.2) is 0 Å². The minimum absolute atomic E-state index is 0.170. The Morgan fingerprint density at radius 3 is 2.64 bits per heavy atom. The van der Waals surface area contributed by atoms with Gasteiger partial charge in [0.25, 0.3) is 10.1 Å². The van der Waals surface area contributed by atoms with Crippen LogP contribution in [0.5, 0.6) is 0 Å². The molecule has 0 aliphatic heterocycles. The van der Waals surface area contributed by atoms with Crippen molar-refractivity contribution in [2.75, 3.05) is 12.9 Å². The highest BCUT2D eigenvalue weighted by molar-refractivity contribution is 7.85. The highest BCUT2D eigenvalue weighted by Gasteiger charge is 2.01. The Bertz CT molecular complexity index is 383. The average molecular weight is 215 g/mol. The van der Waals surface area contributed by atoms with E-state index in [0.29, 0.717) is 6.42 Å². The van der Waals surface area contributed by atoms with Crippen molar-refractivity contribution in [2.24, 2.45) is 0 Å². The van der Waals surface area contributed by atoms with Gasteiger partial charge in [-0.15, -0.1) is 0 Å². The van der Waals surface area contributed by atoms with E-state index in [9.17, 15) is 8.42 Å². The van der Waals surface area contributed by atoms with E-state index in [4.69, 9.17) is 0 Å². The van der Waals surface area contributed by atoms with E-state index in [1.807, 2.05) is 19.1 Å². The van der Waals surface area contributed by atoms with Gasteiger partial charge in [0, 0.05) is 11.9 Å². The summed E-state index contributed by atoms with van der Waals surface area (Å²) < 4.78 is 25.9. The number of nitrogens with zero attached hydrogens (tertiary/aromatic N) is 1. The summed E-state index contributed by atoms with van der Waals surface area (Å²) in [5.41, 5.74) is 1.91. The molecule has 1 aromatic rings. The average Bonchev–Trinajstić information content (AvgIpc) is 2.06. The molecule has 0 radical (unpaired) electrons. The lowest BCUT2D eigenvalue weighted by Crippen LogP contribution is -2.06. The summed E-state index contributed by atoms with van der Waals surface area (Å²) in [7, 11) is -3.32. The molecule has 4 nitrogen and oxygen atoms in total. The molecule has 0 atom stereocenters. The van der Waals surface area contributed by atoms with E-state index >= 15 is 0 Å². The standard InChI is InChI=1S/C9H13NO3S/c1-8-3-4-9(7-10-8)5-6-13-14(2,11)12/h3-4,7H,5-6H2,1-2H3. The van der Waals surface area contributed by atoms with E-state index in [2.05, 4.69) is 9.17 Å². The number of hydrogen-bond donors (Lipinski definition) is 0. The molecular formula is C9H13NO3S. The molecular weight excluding hydrogens is 202 g/mol. The Hall–Kier alpha value is -0.940. The monoisotopic (exact) mass is 215 g/mol. The molecule has 1 rings (SSSR count). The molecule has 0 aliphatic rings. The molecule has 1 heterocycles. The molecule has 0 spiro atoms. The fourth-order valence-corrected chi connectivity index (χ4v) is 1.34. The zero-order chi connectivity index (χ0) is 10.6. The minimum atomic E-state index is -3.32. The molecule has 1 aromatic heterocycles. The molecule has 0 aliphatic carbocycles. The summed E-state index contributed by atoms with van der Waals surface area (Å²) in [5.74, 6) is 0. The Labute approximate surface area is 84.1 Å². The highest BCUT2D eigenvalue weighted by atomic mass is 32.2. The van der Waals surface area contributed by atoms with Crippen molar-refractivity contribution in [3.05, 3.63) is 29.6 Å². The Morgan fingerprint density at radius 2 is 2.14 bits per heavy atom. The van der Waals surface area contributed by atoms with Gasteiger partial charge in [0.05, 0.1) is 12.9 Å². The number of aromatic nitrogens is 1. The molecule has 0 N–H and O–H groups in total. The first-order chi connectivity index (χ1) is 6.47. The van der Waals surface area contributed by atoms with Gasteiger partial charge in [-0.3, -0.25) is 9.17 Å². The zero-order valence-electron chi connectivity index (χ0n) is 8.23. The van der Waals surface area contributed by atoms with Crippen LogP contribution in [0.15, 0.2) is 18.3 Å². The van der Waals surface area contributed by atoms with Crippen LogP contribution in [-0.4, -0.2) is 26.3 Å². The van der Waals surface area contributed by atoms with Gasteiger partial charge in [-0.05, 0) is 25.0 Å². The fourth-order valence-electron chi connectivity index (χ4n) is 0.957. The van der Waals surface area contributed by atoms with Crippen LogP contribution in [-0.2, 0) is 20.7 Å². The minimum Gasteiger partial charge on any atom is -0.270 e. The molecule has 0 aromatic carbocycles. The lowest BCUT2D eigenvalue weighted by atomic mass is 10.2. The first-order valence-electron chi connectivity index (χ1n) is 4.23.